The van der Waals surface area contributed by atoms with E-state index < -0.39 is 5.60 Å². The van der Waals surface area contributed by atoms with Gasteiger partial charge >= 0.3 is 6.09 Å². The van der Waals surface area contributed by atoms with Crippen LogP contribution in [0.2, 0.25) is 0 Å². The van der Waals surface area contributed by atoms with E-state index in [0.29, 0.717) is 26.2 Å². The van der Waals surface area contributed by atoms with Crippen molar-refractivity contribution in [1.82, 2.24) is 9.80 Å². The van der Waals surface area contributed by atoms with Gasteiger partial charge in [-0.25, -0.2) is 4.79 Å². The number of hydrogen-bond donors (Lipinski definition) is 0. The Bertz CT molecular complexity index is 977. The summed E-state index contributed by atoms with van der Waals surface area (Å²) in [5.74, 6) is 0.0761. The van der Waals surface area contributed by atoms with E-state index >= 15 is 0 Å². The number of anilines is 1. The monoisotopic (exact) mass is 485 g/mol. The number of fused-ring (bicyclic) bond motifs is 1. The first-order valence-corrected chi connectivity index (χ1v) is 11.4. The topological polar surface area (TPSA) is 53.1 Å². The summed E-state index contributed by atoms with van der Waals surface area (Å²) in [4.78, 5) is 31.2. The second-order valence-electron chi connectivity index (χ2n) is 9.08. The van der Waals surface area contributed by atoms with Crippen molar-refractivity contribution < 1.29 is 14.3 Å². The number of rotatable bonds is 3. The van der Waals surface area contributed by atoms with Gasteiger partial charge in [-0.15, -0.1) is 0 Å². The molecule has 164 valence electrons. The number of halogens is 1. The van der Waals surface area contributed by atoms with Gasteiger partial charge in [0.2, 0.25) is 0 Å². The summed E-state index contributed by atoms with van der Waals surface area (Å²) >= 11 is 3.45. The van der Waals surface area contributed by atoms with Crippen molar-refractivity contribution in [3.8, 4) is 0 Å². The molecule has 0 saturated carbocycles. The summed E-state index contributed by atoms with van der Waals surface area (Å²) in [6.45, 7) is 9.52. The van der Waals surface area contributed by atoms with Crippen LogP contribution in [0.1, 0.15) is 42.3 Å². The molecule has 2 aliphatic rings. The van der Waals surface area contributed by atoms with Crippen LogP contribution in [0.4, 0.5) is 10.5 Å². The van der Waals surface area contributed by atoms with E-state index in [2.05, 4.69) is 33.0 Å². The quantitative estimate of drug-likeness (QED) is 0.634. The Morgan fingerprint density at radius 1 is 1.03 bits per heavy atom. The minimum atomic E-state index is -0.489. The molecule has 2 aliphatic heterocycles. The molecule has 6 nitrogen and oxygen atoms in total. The fourth-order valence-electron chi connectivity index (χ4n) is 3.96. The van der Waals surface area contributed by atoms with Crippen molar-refractivity contribution in [2.24, 2.45) is 0 Å². The second-order valence-corrected chi connectivity index (χ2v) is 10.00. The zero-order chi connectivity index (χ0) is 22.2. The summed E-state index contributed by atoms with van der Waals surface area (Å²) in [6.07, 6.45) is -0.264. The van der Waals surface area contributed by atoms with E-state index in [4.69, 9.17) is 4.74 Å². The van der Waals surface area contributed by atoms with Crippen molar-refractivity contribution in [3.63, 3.8) is 0 Å². The number of carbonyl (C=O) groups is 2. The molecule has 31 heavy (non-hydrogen) atoms. The van der Waals surface area contributed by atoms with Crippen LogP contribution in [-0.2, 0) is 17.8 Å². The highest BCUT2D eigenvalue weighted by molar-refractivity contribution is 9.10. The summed E-state index contributed by atoms with van der Waals surface area (Å²) < 4.78 is 6.51. The Labute approximate surface area is 191 Å². The Morgan fingerprint density at radius 3 is 2.35 bits per heavy atom. The van der Waals surface area contributed by atoms with Crippen LogP contribution in [0.3, 0.4) is 0 Å². The highest BCUT2D eigenvalue weighted by Crippen LogP contribution is 2.29. The van der Waals surface area contributed by atoms with Crippen molar-refractivity contribution in [1.29, 1.82) is 0 Å². The average Bonchev–Trinajstić information content (AvgIpc) is 3.03. The Kier molecular flexibility index (Phi) is 5.97. The van der Waals surface area contributed by atoms with Gasteiger partial charge in [0.15, 0.2) is 0 Å². The number of nitrogens with zero attached hydrogens (tertiary/aromatic N) is 3. The maximum Gasteiger partial charge on any atom is 0.410 e. The molecule has 2 aromatic rings. The molecule has 0 aromatic heterocycles. The van der Waals surface area contributed by atoms with Gasteiger partial charge < -0.3 is 19.4 Å². The van der Waals surface area contributed by atoms with Crippen LogP contribution in [0, 0.1) is 0 Å². The summed E-state index contributed by atoms with van der Waals surface area (Å²) in [5, 5.41) is 0. The van der Waals surface area contributed by atoms with E-state index in [1.54, 1.807) is 4.90 Å². The summed E-state index contributed by atoms with van der Waals surface area (Å²) in [7, 11) is 0. The molecule has 0 N–H and O–H groups in total. The first-order chi connectivity index (χ1) is 14.7. The number of hydrogen-bond acceptors (Lipinski definition) is 4. The maximum absolute atomic E-state index is 13.0. The molecule has 4 rings (SSSR count). The summed E-state index contributed by atoms with van der Waals surface area (Å²) in [5.41, 5.74) is 3.50. The van der Waals surface area contributed by atoms with E-state index in [1.807, 2.05) is 56.0 Å². The molecule has 7 heteroatoms. The highest BCUT2D eigenvalue weighted by Gasteiger charge is 2.30. The lowest BCUT2D eigenvalue weighted by Gasteiger charge is -2.36. The fourth-order valence-corrected chi connectivity index (χ4v) is 4.22. The highest BCUT2D eigenvalue weighted by atomic mass is 79.9. The van der Waals surface area contributed by atoms with Gasteiger partial charge in [-0.05, 0) is 56.2 Å². The largest absolute Gasteiger partial charge is 0.444 e. The second kappa shape index (κ2) is 8.54. The number of ether oxygens (including phenoxy) is 1. The van der Waals surface area contributed by atoms with E-state index in [-0.39, 0.29) is 12.0 Å². The number of carbonyl (C=O) groups excluding carboxylic acids is 2. The van der Waals surface area contributed by atoms with Gasteiger partial charge in [-0.1, -0.05) is 34.1 Å². The SMILES string of the molecule is CC(C)(C)OC(=O)N1CCN(c2ccc3c(c2)C(=O)N(Cc2ccc(Br)cc2)C3)CC1. The zero-order valence-electron chi connectivity index (χ0n) is 18.2. The molecule has 0 aliphatic carbocycles. The fraction of sp³-hybridized carbons (Fsp3) is 0.417. The molecular weight excluding hydrogens is 458 g/mol. The molecule has 0 unspecified atom stereocenters. The molecule has 0 radical (unpaired) electrons. The minimum absolute atomic E-state index is 0.0761. The predicted octanol–water partition coefficient (Wildman–Crippen LogP) is 4.66. The van der Waals surface area contributed by atoms with Crippen LogP contribution in [0.5, 0.6) is 0 Å². The molecular formula is C24H28BrN3O3. The van der Waals surface area contributed by atoms with Gasteiger partial charge in [-0.2, -0.15) is 0 Å². The van der Waals surface area contributed by atoms with Crippen LogP contribution in [0.15, 0.2) is 46.9 Å². The average molecular weight is 486 g/mol. The zero-order valence-corrected chi connectivity index (χ0v) is 19.8. The minimum Gasteiger partial charge on any atom is -0.444 e. The molecule has 1 saturated heterocycles. The molecule has 0 spiro atoms. The third-order valence-corrected chi connectivity index (χ3v) is 6.08. The van der Waals surface area contributed by atoms with Gasteiger partial charge in [0.25, 0.3) is 5.91 Å². The summed E-state index contributed by atoms with van der Waals surface area (Å²) in [6, 6.07) is 14.2. The van der Waals surface area contributed by atoms with Crippen LogP contribution in [0.25, 0.3) is 0 Å². The Balaban J connectivity index is 1.39. The molecule has 2 amide bonds. The number of benzene rings is 2. The van der Waals surface area contributed by atoms with Crippen LogP contribution < -0.4 is 4.90 Å². The van der Waals surface area contributed by atoms with Gasteiger partial charge in [0.1, 0.15) is 5.60 Å². The van der Waals surface area contributed by atoms with Crippen molar-refractivity contribution in [2.45, 2.75) is 39.5 Å². The third kappa shape index (κ3) is 5.03. The Morgan fingerprint density at radius 2 is 1.71 bits per heavy atom. The first kappa shape index (κ1) is 21.7. The first-order valence-electron chi connectivity index (χ1n) is 10.6. The van der Waals surface area contributed by atoms with E-state index in [9.17, 15) is 9.59 Å². The van der Waals surface area contributed by atoms with Crippen molar-refractivity contribution in [3.05, 3.63) is 63.6 Å². The lowest BCUT2D eigenvalue weighted by molar-refractivity contribution is 0.0240. The van der Waals surface area contributed by atoms with Crippen LogP contribution >= 0.6 is 15.9 Å². The van der Waals surface area contributed by atoms with Gasteiger partial charge in [-0.3, -0.25) is 4.79 Å². The lowest BCUT2D eigenvalue weighted by atomic mass is 10.1. The van der Waals surface area contributed by atoms with Gasteiger partial charge in [0, 0.05) is 55.0 Å². The van der Waals surface area contributed by atoms with Gasteiger partial charge in [0.05, 0.1) is 0 Å². The molecule has 2 heterocycles. The van der Waals surface area contributed by atoms with Crippen molar-refractivity contribution >= 4 is 33.6 Å². The number of piperazine rings is 1. The third-order valence-electron chi connectivity index (χ3n) is 5.56. The standard InChI is InChI=1S/C24H28BrN3O3/c1-24(2,3)31-23(30)27-12-10-26(11-13-27)20-9-6-18-16-28(22(29)21(18)14-20)15-17-4-7-19(25)8-5-17/h4-9,14H,10-13,15-16H2,1-3H3. The number of amides is 2. The smallest absolute Gasteiger partial charge is 0.410 e. The van der Waals surface area contributed by atoms with E-state index in [0.717, 1.165) is 39.9 Å². The predicted molar refractivity (Wildman–Crippen MR) is 124 cm³/mol. The normalized spacial score (nSPS) is 16.5. The molecule has 2 aromatic carbocycles. The maximum atomic E-state index is 13.0. The molecule has 1 fully saturated rings. The Hall–Kier alpha value is -2.54. The lowest BCUT2D eigenvalue weighted by Crippen LogP contribution is -2.50. The van der Waals surface area contributed by atoms with E-state index in [1.165, 1.54) is 0 Å². The van der Waals surface area contributed by atoms with Crippen molar-refractivity contribution in [2.75, 3.05) is 31.1 Å². The molecule has 0 atom stereocenters. The van der Waals surface area contributed by atoms with Crippen LogP contribution in [-0.4, -0.2) is 53.6 Å². The molecule has 0 bridgehead atoms.